The van der Waals surface area contributed by atoms with Gasteiger partial charge in [-0.3, -0.25) is 0 Å². The fraction of sp³-hybridized carbons (Fsp3) is 0.160. The monoisotopic (exact) mass is 1360 g/mol. The predicted octanol–water partition coefficient (Wildman–Crippen LogP) is 25.0. The molecule has 486 valence electrons. The second kappa shape index (κ2) is 26.1. The van der Waals surface area contributed by atoms with E-state index in [0.29, 0.717) is 40.6 Å². The zero-order valence-corrected chi connectivity index (χ0v) is 59.4. The van der Waals surface area contributed by atoms with Crippen molar-refractivity contribution in [3.8, 4) is 79.7 Å². The third-order valence-corrected chi connectivity index (χ3v) is 21.4. The van der Waals surface area contributed by atoms with Crippen LogP contribution in [-0.4, -0.2) is 0 Å². The van der Waals surface area contributed by atoms with E-state index >= 15 is 0 Å². The Hall–Kier alpha value is -9.65. The Bertz CT molecular complexity index is 5170. The number of fused-ring (bicyclic) bond motifs is 5. The van der Waals surface area contributed by atoms with Gasteiger partial charge in [0.2, 0.25) is 0 Å². The van der Waals surface area contributed by atoms with Gasteiger partial charge in [0.25, 0.3) is 0 Å². The highest BCUT2D eigenvalue weighted by Gasteiger charge is 2.35. The molecule has 0 bridgehead atoms. The summed E-state index contributed by atoms with van der Waals surface area (Å²) in [4.78, 5) is 0. The molecule has 0 aliphatic carbocycles. The molecule has 3 aliphatic rings. The summed E-state index contributed by atoms with van der Waals surface area (Å²) in [6.45, 7) is 25.0. The molecule has 0 N–H and O–H groups in total. The summed E-state index contributed by atoms with van der Waals surface area (Å²) in [6.07, 6.45) is 0.711. The highest BCUT2D eigenvalue weighted by molar-refractivity contribution is 7.43. The molecular weight excluding hydrogens is 1290 g/mol. The first-order chi connectivity index (χ1) is 46.9. The summed E-state index contributed by atoms with van der Waals surface area (Å²) < 4.78 is 78.8. The second-order valence-corrected chi connectivity index (χ2v) is 29.3. The normalized spacial score (nSPS) is 13.3. The molecule has 12 nitrogen and oxygen atoms in total. The van der Waals surface area contributed by atoms with Crippen molar-refractivity contribution in [2.24, 2.45) is 0 Å². The summed E-state index contributed by atoms with van der Waals surface area (Å²) in [6, 6.07) is 65.5. The first-order valence-corrected chi connectivity index (χ1v) is 36.5. The van der Waals surface area contributed by atoms with Gasteiger partial charge in [-0.15, -0.1) is 0 Å². The fourth-order valence-corrected chi connectivity index (χ4v) is 18.2. The highest BCUT2D eigenvalue weighted by Crippen LogP contribution is 2.58. The second-order valence-electron chi connectivity index (χ2n) is 25.4. The van der Waals surface area contributed by atoms with Crippen molar-refractivity contribution in [1.82, 2.24) is 0 Å². The quantitative estimate of drug-likeness (QED) is 0.121. The third-order valence-electron chi connectivity index (χ3n) is 17.4. The van der Waals surface area contributed by atoms with Crippen LogP contribution in [0.3, 0.4) is 0 Å². The van der Waals surface area contributed by atoms with Gasteiger partial charge in [0.15, 0.2) is 0 Å². The molecule has 97 heavy (non-hydrogen) atoms. The van der Waals surface area contributed by atoms with Gasteiger partial charge >= 0.3 is 34.0 Å². The van der Waals surface area contributed by atoms with Crippen LogP contribution in [-0.2, 0) is 6.42 Å². The molecule has 0 fully saturated rings. The van der Waals surface area contributed by atoms with Crippen LogP contribution in [0, 0.1) is 83.1 Å². The molecule has 1 aromatic heterocycles. The molecule has 0 atom stereocenters. The Kier molecular flexibility index (Phi) is 17.0. The largest absolute Gasteiger partial charge is 0.530 e. The van der Waals surface area contributed by atoms with E-state index in [4.69, 9.17) is 53.6 Å². The van der Waals surface area contributed by atoms with Gasteiger partial charge in [-0.05, 0) is 221 Å². The van der Waals surface area contributed by atoms with E-state index in [0.717, 1.165) is 156 Å². The third kappa shape index (κ3) is 12.7. The molecule has 4 heterocycles. The Labute approximate surface area is 569 Å². The average Bonchev–Trinajstić information content (AvgIpc) is 1.06. The zero-order valence-electron chi connectivity index (χ0n) is 55.9. The molecular formula is C81H70O12P4. The van der Waals surface area contributed by atoms with E-state index in [2.05, 4.69) is 154 Å². The maximum Gasteiger partial charge on any atom is 0.530 e. The topological polar surface area (TPSA) is 119 Å². The average molecular weight is 1360 g/mol. The van der Waals surface area contributed by atoms with Crippen molar-refractivity contribution in [3.05, 3.63) is 272 Å². The molecule has 0 saturated heterocycles. The SMILES string of the molecule is Cc1cc(C)c(OP2Oc3cccc4cccc(c34)O2)c(-c2cc(C)cc(C)c2Op2oc3ccccc3c3ccccc3o2)c1.Cc1cc(C)c2c(c1)Cc1cc(C)cc(C)c1OP(Oc1c(C)cc(C)cc1-c1cc(C)cc(C)c1OP1Oc3cccc4cccc(c34)O1)O2. The minimum Gasteiger partial charge on any atom is -0.408 e. The van der Waals surface area contributed by atoms with Crippen molar-refractivity contribution in [1.29, 1.82) is 0 Å². The first-order valence-electron chi connectivity index (χ1n) is 32.2. The highest BCUT2D eigenvalue weighted by atomic mass is 31.2. The molecule has 0 spiro atoms. The molecule has 16 rings (SSSR count). The summed E-state index contributed by atoms with van der Waals surface area (Å²) >= 11 is 0. The number of para-hydroxylation sites is 2. The Balaban J connectivity index is 0.000000160. The Morgan fingerprint density at radius 3 is 0.938 bits per heavy atom. The molecule has 3 aliphatic heterocycles. The molecule has 13 aromatic rings. The lowest BCUT2D eigenvalue weighted by atomic mass is 9.95. The van der Waals surface area contributed by atoms with Crippen LogP contribution < -0.4 is 45.2 Å². The number of aryl methyl sites for hydroxylation is 12. The Morgan fingerprint density at radius 1 is 0.289 bits per heavy atom. The van der Waals surface area contributed by atoms with Gasteiger partial charge < -0.3 is 53.6 Å². The van der Waals surface area contributed by atoms with Crippen LogP contribution in [0.5, 0.6) is 57.5 Å². The van der Waals surface area contributed by atoms with E-state index in [-0.39, 0.29) is 0 Å². The van der Waals surface area contributed by atoms with Gasteiger partial charge in [-0.25, -0.2) is 0 Å². The van der Waals surface area contributed by atoms with E-state index < -0.39 is 34.0 Å². The van der Waals surface area contributed by atoms with Gasteiger partial charge in [-0.1, -0.05) is 145 Å². The standard InChI is InChI=1S/C43H40O6P2.C38H30O6P2/c1-24-15-28(5)40-33(19-24)23-34-20-25(2)16-29(6)41(34)47-51(46-40)49-43-31(8)18-27(4)22-36(43)35-21-26(3)17-30(7)42(35)48-50-44-37-13-9-11-32-12-10-14-38(45-50)39(32)37;1-23-19-25(3)37(43-45-39-32-15-7-5-13-28(32)29-14-6-8-16-33(29)40-45)30(21-23)31-22-24(2)20-26(4)38(31)44-46-41-34-17-9-11-27-12-10-18-35(42-46)36(27)34/h9-22H,23H2,1-8H3;5-22H,1-4H3. The van der Waals surface area contributed by atoms with Gasteiger partial charge in [0.1, 0.15) is 68.7 Å². The van der Waals surface area contributed by atoms with Gasteiger partial charge in [0, 0.05) is 39.4 Å². The smallest absolute Gasteiger partial charge is 0.408 e. The molecule has 12 aromatic carbocycles. The van der Waals surface area contributed by atoms with Crippen molar-refractivity contribution in [3.63, 3.8) is 0 Å². The van der Waals surface area contributed by atoms with Crippen LogP contribution in [0.25, 0.3) is 65.7 Å². The molecule has 0 unspecified atom stereocenters. The van der Waals surface area contributed by atoms with Crippen molar-refractivity contribution < 1.29 is 53.6 Å². The van der Waals surface area contributed by atoms with E-state index in [1.807, 2.05) is 123 Å². The number of benzene rings is 12. The minimum atomic E-state index is -1.92. The van der Waals surface area contributed by atoms with Crippen LogP contribution in [0.2, 0.25) is 0 Å². The lowest BCUT2D eigenvalue weighted by Crippen LogP contribution is -2.11. The summed E-state index contributed by atoms with van der Waals surface area (Å²) in [5.41, 5.74) is 19.9. The van der Waals surface area contributed by atoms with Crippen molar-refractivity contribution in [2.75, 3.05) is 0 Å². The zero-order chi connectivity index (χ0) is 66.9. The van der Waals surface area contributed by atoms with E-state index in [1.165, 1.54) is 11.1 Å². The van der Waals surface area contributed by atoms with Crippen molar-refractivity contribution in [2.45, 2.75) is 89.5 Å². The molecule has 0 radical (unpaired) electrons. The maximum atomic E-state index is 6.96. The van der Waals surface area contributed by atoms with Crippen LogP contribution in [0.15, 0.2) is 203 Å². The van der Waals surface area contributed by atoms with E-state index in [1.54, 1.807) is 0 Å². The van der Waals surface area contributed by atoms with Crippen LogP contribution in [0.4, 0.5) is 0 Å². The van der Waals surface area contributed by atoms with E-state index in [9.17, 15) is 0 Å². The molecule has 0 amide bonds. The minimum absolute atomic E-state index is 0.664. The maximum absolute atomic E-state index is 6.96. The predicted molar refractivity (Wildman–Crippen MR) is 393 cm³/mol. The fourth-order valence-electron chi connectivity index (χ4n) is 13.5. The number of rotatable bonds is 10. The molecule has 16 heteroatoms. The Morgan fingerprint density at radius 2 is 0.588 bits per heavy atom. The number of hydrogen-bond donors (Lipinski definition) is 0. The van der Waals surface area contributed by atoms with Gasteiger partial charge in [0.05, 0.1) is 10.8 Å². The van der Waals surface area contributed by atoms with Gasteiger partial charge in [-0.2, -0.15) is 0 Å². The van der Waals surface area contributed by atoms with Crippen molar-refractivity contribution >= 4 is 77.5 Å². The number of hydrogen-bond acceptors (Lipinski definition) is 12. The summed E-state index contributed by atoms with van der Waals surface area (Å²) in [5, 5.41) is 5.95. The lowest BCUT2D eigenvalue weighted by molar-refractivity contribution is 0.376. The van der Waals surface area contributed by atoms with Crippen LogP contribution >= 0.6 is 34.0 Å². The summed E-state index contributed by atoms with van der Waals surface area (Å²) in [5.74, 6) is 7.30. The molecule has 0 saturated carbocycles. The lowest BCUT2D eigenvalue weighted by Gasteiger charge is -2.28. The first kappa shape index (κ1) is 63.4. The summed E-state index contributed by atoms with van der Waals surface area (Å²) in [7, 11) is -7.36. The van der Waals surface area contributed by atoms with Crippen LogP contribution in [0.1, 0.15) is 77.9 Å².